The van der Waals surface area contributed by atoms with Crippen LogP contribution in [0.25, 0.3) is 0 Å². The monoisotopic (exact) mass is 364 g/mol. The van der Waals surface area contributed by atoms with E-state index in [1.165, 1.54) is 0 Å². The van der Waals surface area contributed by atoms with Crippen molar-refractivity contribution in [2.24, 2.45) is 0 Å². The van der Waals surface area contributed by atoms with Gasteiger partial charge in [-0.05, 0) is 6.92 Å². The topological polar surface area (TPSA) is 110 Å². The zero-order chi connectivity index (χ0) is 18.8. The molecule has 0 radical (unpaired) electrons. The van der Waals surface area contributed by atoms with Crippen molar-refractivity contribution in [3.63, 3.8) is 0 Å². The van der Waals surface area contributed by atoms with Gasteiger partial charge < -0.3 is 33.5 Å². The molecule has 0 amide bonds. The fourth-order valence-electron chi connectivity index (χ4n) is 1.36. The van der Waals surface area contributed by atoms with E-state index in [1.54, 1.807) is 6.92 Å². The average molecular weight is 364 g/mol. The third-order valence-electron chi connectivity index (χ3n) is 2.52. The van der Waals surface area contributed by atoms with Crippen molar-refractivity contribution in [1.29, 1.82) is 0 Å². The Kier molecular flexibility index (Phi) is 16.3. The van der Waals surface area contributed by atoms with Gasteiger partial charge in [-0.1, -0.05) is 6.58 Å². The minimum absolute atomic E-state index is 0.191. The molecule has 0 spiro atoms. The molecule has 0 aliphatic carbocycles. The second kappa shape index (κ2) is 17.3. The molecule has 0 saturated carbocycles. The summed E-state index contributed by atoms with van der Waals surface area (Å²) in [5, 5.41) is 8.34. The van der Waals surface area contributed by atoms with E-state index in [1.807, 2.05) is 0 Å². The number of carbonyl (C=O) groups excluding carboxylic acids is 1. The Morgan fingerprint density at radius 2 is 1.08 bits per heavy atom. The van der Waals surface area contributed by atoms with Crippen molar-refractivity contribution < 1.29 is 43.1 Å². The smallest absolute Gasteiger partial charge is 0.333 e. The molecule has 146 valence electrons. The highest BCUT2D eigenvalue weighted by Crippen LogP contribution is 1.91. The maximum absolute atomic E-state index is 11.1. The Bertz CT molecular complexity index is 371. The molecule has 0 aromatic heterocycles. The van der Waals surface area contributed by atoms with Crippen molar-refractivity contribution in [1.82, 2.24) is 0 Å². The summed E-state index contributed by atoms with van der Waals surface area (Å²) in [7, 11) is 0. The lowest BCUT2D eigenvalue weighted by molar-refractivity contribution is -0.143. The van der Waals surface area contributed by atoms with Crippen molar-refractivity contribution >= 4 is 11.9 Å². The normalized spacial score (nSPS) is 10.6. The highest BCUT2D eigenvalue weighted by molar-refractivity contribution is 5.86. The Hall–Kier alpha value is -1.52. The van der Waals surface area contributed by atoms with E-state index >= 15 is 0 Å². The van der Waals surface area contributed by atoms with Crippen LogP contribution in [0.2, 0.25) is 0 Å². The highest BCUT2D eigenvalue weighted by atomic mass is 16.6. The summed E-state index contributed by atoms with van der Waals surface area (Å²) in [6.45, 7) is 8.35. The van der Waals surface area contributed by atoms with Crippen LogP contribution in [0.3, 0.4) is 0 Å². The third kappa shape index (κ3) is 18.7. The number of hydrogen-bond acceptors (Lipinski definition) is 8. The van der Waals surface area contributed by atoms with Gasteiger partial charge in [0, 0.05) is 5.57 Å². The maximum Gasteiger partial charge on any atom is 0.333 e. The SMILES string of the molecule is C=C(C)C(=O)OCCOCCOCCOCCOCCOCC(=O)O. The van der Waals surface area contributed by atoms with Crippen LogP contribution in [0.5, 0.6) is 0 Å². The fourth-order valence-corrected chi connectivity index (χ4v) is 1.36. The van der Waals surface area contributed by atoms with Crippen molar-refractivity contribution in [3.05, 3.63) is 12.2 Å². The molecule has 0 aromatic rings. The quantitative estimate of drug-likeness (QED) is 0.208. The van der Waals surface area contributed by atoms with E-state index in [9.17, 15) is 9.59 Å². The Morgan fingerprint density at radius 3 is 1.44 bits per heavy atom. The summed E-state index contributed by atoms with van der Waals surface area (Å²) in [6, 6.07) is 0. The minimum Gasteiger partial charge on any atom is -0.480 e. The van der Waals surface area contributed by atoms with Gasteiger partial charge in [-0.15, -0.1) is 0 Å². The first-order chi connectivity index (χ1) is 12.0. The van der Waals surface area contributed by atoms with Gasteiger partial charge in [0.05, 0.1) is 59.5 Å². The van der Waals surface area contributed by atoms with E-state index in [0.717, 1.165) is 0 Å². The Balaban J connectivity index is 3.08. The van der Waals surface area contributed by atoms with Gasteiger partial charge in [0.1, 0.15) is 13.2 Å². The van der Waals surface area contributed by atoms with Crippen molar-refractivity contribution in [2.75, 3.05) is 72.7 Å². The van der Waals surface area contributed by atoms with Crippen LogP contribution in [-0.4, -0.2) is 89.7 Å². The highest BCUT2D eigenvalue weighted by Gasteiger charge is 2.01. The predicted molar refractivity (Wildman–Crippen MR) is 87.5 cm³/mol. The number of ether oxygens (including phenoxy) is 6. The van der Waals surface area contributed by atoms with Crippen LogP contribution in [0, 0.1) is 0 Å². The lowest BCUT2D eigenvalue weighted by Crippen LogP contribution is -2.15. The molecule has 0 heterocycles. The second-order valence-electron chi connectivity index (χ2n) is 4.81. The first kappa shape index (κ1) is 23.5. The van der Waals surface area contributed by atoms with Crippen molar-refractivity contribution in [3.8, 4) is 0 Å². The van der Waals surface area contributed by atoms with Crippen LogP contribution in [0.15, 0.2) is 12.2 Å². The third-order valence-corrected chi connectivity index (χ3v) is 2.52. The molecular formula is C16H28O9. The van der Waals surface area contributed by atoms with Crippen LogP contribution in [0.4, 0.5) is 0 Å². The molecule has 1 N–H and O–H groups in total. The number of carboxylic acids is 1. The molecule has 0 rings (SSSR count). The zero-order valence-electron chi connectivity index (χ0n) is 14.7. The average Bonchev–Trinajstić information content (AvgIpc) is 2.57. The molecule has 9 heteroatoms. The zero-order valence-corrected chi connectivity index (χ0v) is 14.7. The molecule has 0 aliphatic rings. The summed E-state index contributed by atoms with van der Waals surface area (Å²) in [5.74, 6) is -1.42. The summed E-state index contributed by atoms with van der Waals surface area (Å²) >= 11 is 0. The lowest BCUT2D eigenvalue weighted by atomic mass is 10.4. The van der Waals surface area contributed by atoms with Gasteiger partial charge in [-0.3, -0.25) is 0 Å². The number of rotatable bonds is 18. The molecule has 0 aromatic carbocycles. The molecule has 0 unspecified atom stereocenters. The Morgan fingerprint density at radius 1 is 0.720 bits per heavy atom. The molecule has 25 heavy (non-hydrogen) atoms. The molecule has 0 atom stereocenters. The van der Waals surface area contributed by atoms with Gasteiger partial charge in [-0.25, -0.2) is 9.59 Å². The van der Waals surface area contributed by atoms with E-state index < -0.39 is 11.9 Å². The largest absolute Gasteiger partial charge is 0.480 e. The molecule has 9 nitrogen and oxygen atoms in total. The van der Waals surface area contributed by atoms with Gasteiger partial charge >= 0.3 is 11.9 Å². The van der Waals surface area contributed by atoms with Crippen LogP contribution in [-0.2, 0) is 38.0 Å². The second-order valence-corrected chi connectivity index (χ2v) is 4.81. The molecular weight excluding hydrogens is 336 g/mol. The Labute approximate surface area is 147 Å². The maximum atomic E-state index is 11.1. The van der Waals surface area contributed by atoms with Crippen LogP contribution >= 0.6 is 0 Å². The van der Waals surface area contributed by atoms with Crippen LogP contribution < -0.4 is 0 Å². The minimum atomic E-state index is -1.00. The lowest BCUT2D eigenvalue weighted by Gasteiger charge is -2.08. The molecule has 0 aliphatic heterocycles. The number of carboxylic acid groups (broad SMARTS) is 1. The van der Waals surface area contributed by atoms with Crippen LogP contribution in [0.1, 0.15) is 6.92 Å². The first-order valence-electron chi connectivity index (χ1n) is 7.97. The predicted octanol–water partition coefficient (Wildman–Crippen LogP) is 0.273. The summed E-state index contributed by atoms with van der Waals surface area (Å²) in [5.41, 5.74) is 0.361. The molecule has 0 bridgehead atoms. The fraction of sp³-hybridized carbons (Fsp3) is 0.750. The van der Waals surface area contributed by atoms with Gasteiger partial charge in [-0.2, -0.15) is 0 Å². The molecule has 0 saturated heterocycles. The van der Waals surface area contributed by atoms with E-state index in [2.05, 4.69) is 6.58 Å². The van der Waals surface area contributed by atoms with E-state index in [-0.39, 0.29) is 19.8 Å². The number of esters is 1. The van der Waals surface area contributed by atoms with Gasteiger partial charge in [0.15, 0.2) is 0 Å². The number of hydrogen-bond donors (Lipinski definition) is 1. The van der Waals surface area contributed by atoms with Crippen molar-refractivity contribution in [2.45, 2.75) is 6.92 Å². The summed E-state index contributed by atoms with van der Waals surface area (Å²) in [6.07, 6.45) is 0. The first-order valence-corrected chi connectivity index (χ1v) is 7.97. The van der Waals surface area contributed by atoms with Gasteiger partial charge in [0.25, 0.3) is 0 Å². The number of aliphatic carboxylic acids is 1. The van der Waals surface area contributed by atoms with E-state index in [4.69, 9.17) is 33.5 Å². The van der Waals surface area contributed by atoms with Gasteiger partial charge in [0.2, 0.25) is 0 Å². The standard InChI is InChI=1S/C16H28O9/c1-14(2)16(19)25-12-11-23-8-7-21-4-3-20-5-6-22-9-10-24-13-15(17)18/h1,3-13H2,2H3,(H,17,18). The van der Waals surface area contributed by atoms with E-state index in [0.29, 0.717) is 58.4 Å². The number of carbonyl (C=O) groups is 2. The molecule has 0 fully saturated rings. The summed E-state index contributed by atoms with van der Waals surface area (Å²) < 4.78 is 30.6. The summed E-state index contributed by atoms with van der Waals surface area (Å²) in [4.78, 5) is 21.2.